The summed E-state index contributed by atoms with van der Waals surface area (Å²) in [5.74, 6) is 1.66. The summed E-state index contributed by atoms with van der Waals surface area (Å²) in [6.45, 7) is 5.34. The van der Waals surface area contributed by atoms with E-state index in [1.807, 2.05) is 38.1 Å². The third-order valence-electron chi connectivity index (χ3n) is 4.12. The lowest BCUT2D eigenvalue weighted by Crippen LogP contribution is -2.04. The number of carbonyl (C=O) groups is 1. The van der Waals surface area contributed by atoms with Gasteiger partial charge in [-0.3, -0.25) is 4.79 Å². The first kappa shape index (κ1) is 19.6. The first-order valence-corrected chi connectivity index (χ1v) is 9.08. The number of aromatic nitrogens is 2. The molecule has 0 aliphatic heterocycles. The molecule has 0 bridgehead atoms. The molecular formula is C21H21ClN4O2. The zero-order valence-electron chi connectivity index (χ0n) is 16.1. The highest BCUT2D eigenvalue weighted by molar-refractivity contribution is 6.31. The third-order valence-corrected chi connectivity index (χ3v) is 4.53. The molecule has 1 heterocycles. The molecule has 28 heavy (non-hydrogen) atoms. The van der Waals surface area contributed by atoms with Gasteiger partial charge in [-0.1, -0.05) is 23.7 Å². The second kappa shape index (κ2) is 8.27. The summed E-state index contributed by atoms with van der Waals surface area (Å²) in [4.78, 5) is 20.5. The van der Waals surface area contributed by atoms with Crippen molar-refractivity contribution in [3.8, 4) is 5.75 Å². The van der Waals surface area contributed by atoms with Crippen molar-refractivity contribution < 1.29 is 9.53 Å². The Hall–Kier alpha value is -3.12. The minimum absolute atomic E-state index is 0.00127. The summed E-state index contributed by atoms with van der Waals surface area (Å²) in [5.41, 5.74) is 3.83. The van der Waals surface area contributed by atoms with Gasteiger partial charge in [-0.2, -0.15) is 4.98 Å². The number of methoxy groups -OCH3 is 1. The van der Waals surface area contributed by atoms with Crippen LogP contribution in [0.1, 0.15) is 28.5 Å². The molecule has 144 valence electrons. The number of rotatable bonds is 6. The van der Waals surface area contributed by atoms with E-state index in [1.54, 1.807) is 25.3 Å². The number of nitrogens with zero attached hydrogens (tertiary/aromatic N) is 2. The summed E-state index contributed by atoms with van der Waals surface area (Å²) in [6.07, 6.45) is 0. The number of hydrogen-bond donors (Lipinski definition) is 2. The highest BCUT2D eigenvalue weighted by atomic mass is 35.5. The van der Waals surface area contributed by atoms with Crippen molar-refractivity contribution >= 4 is 40.5 Å². The van der Waals surface area contributed by atoms with E-state index in [0.29, 0.717) is 28.1 Å². The molecule has 3 aromatic rings. The Kier molecular flexibility index (Phi) is 5.80. The van der Waals surface area contributed by atoms with Gasteiger partial charge in [-0.15, -0.1) is 0 Å². The predicted octanol–water partition coefficient (Wildman–Crippen LogP) is 5.45. The molecule has 2 aromatic carbocycles. The molecule has 0 saturated heterocycles. The summed E-state index contributed by atoms with van der Waals surface area (Å²) >= 11 is 6.18. The van der Waals surface area contributed by atoms with Crippen molar-refractivity contribution in [3.63, 3.8) is 0 Å². The molecule has 0 spiro atoms. The van der Waals surface area contributed by atoms with Crippen LogP contribution in [0.2, 0.25) is 5.02 Å². The second-order valence-electron chi connectivity index (χ2n) is 6.41. The van der Waals surface area contributed by atoms with Gasteiger partial charge in [0.05, 0.1) is 12.8 Å². The average molecular weight is 397 g/mol. The minimum Gasteiger partial charge on any atom is -0.495 e. The number of halogens is 1. The smallest absolute Gasteiger partial charge is 0.229 e. The maximum atomic E-state index is 11.6. The van der Waals surface area contributed by atoms with Crippen LogP contribution < -0.4 is 15.4 Å². The minimum atomic E-state index is 0.00127. The topological polar surface area (TPSA) is 76.1 Å². The van der Waals surface area contributed by atoms with Gasteiger partial charge in [0.1, 0.15) is 11.6 Å². The molecule has 3 rings (SSSR count). The van der Waals surface area contributed by atoms with Gasteiger partial charge in [0.25, 0.3) is 0 Å². The molecule has 0 aliphatic rings. The van der Waals surface area contributed by atoms with Gasteiger partial charge in [-0.25, -0.2) is 4.98 Å². The van der Waals surface area contributed by atoms with E-state index >= 15 is 0 Å². The molecule has 0 amide bonds. The van der Waals surface area contributed by atoms with Crippen LogP contribution in [0.15, 0.2) is 42.5 Å². The molecule has 0 fully saturated rings. The molecule has 0 saturated carbocycles. The van der Waals surface area contributed by atoms with Gasteiger partial charge in [0, 0.05) is 34.1 Å². The standard InChI is InChI=1S/C21H21ClN4O2/c1-12-8-18(19(28-4)11-17(12)22)25-20-9-13(2)23-21(26-20)24-16-7-5-6-15(10-16)14(3)27/h5-11H,1-4H3,(H2,23,24,25,26). The lowest BCUT2D eigenvalue weighted by molar-refractivity contribution is 0.101. The van der Waals surface area contributed by atoms with Gasteiger partial charge in [0.2, 0.25) is 5.95 Å². The van der Waals surface area contributed by atoms with E-state index in [0.717, 1.165) is 22.6 Å². The number of anilines is 4. The molecule has 6 nitrogen and oxygen atoms in total. The number of nitrogens with one attached hydrogen (secondary N) is 2. The van der Waals surface area contributed by atoms with Crippen LogP contribution >= 0.6 is 11.6 Å². The number of benzene rings is 2. The van der Waals surface area contributed by atoms with Crippen LogP contribution in [-0.4, -0.2) is 22.9 Å². The van der Waals surface area contributed by atoms with Crippen molar-refractivity contribution in [3.05, 3.63) is 64.3 Å². The number of ketones is 1. The molecule has 1 aromatic heterocycles. The second-order valence-corrected chi connectivity index (χ2v) is 6.81. The zero-order valence-corrected chi connectivity index (χ0v) is 16.9. The van der Waals surface area contributed by atoms with Crippen LogP contribution in [0.3, 0.4) is 0 Å². The fourth-order valence-corrected chi connectivity index (χ4v) is 2.85. The Morgan fingerprint density at radius 3 is 2.57 bits per heavy atom. The molecule has 0 unspecified atom stereocenters. The van der Waals surface area contributed by atoms with Crippen molar-refractivity contribution in [2.45, 2.75) is 20.8 Å². The van der Waals surface area contributed by atoms with Crippen LogP contribution in [0, 0.1) is 13.8 Å². The van der Waals surface area contributed by atoms with Crippen molar-refractivity contribution in [2.75, 3.05) is 17.7 Å². The Morgan fingerprint density at radius 2 is 1.86 bits per heavy atom. The normalized spacial score (nSPS) is 10.5. The monoisotopic (exact) mass is 396 g/mol. The van der Waals surface area contributed by atoms with Gasteiger partial charge >= 0.3 is 0 Å². The average Bonchev–Trinajstić information content (AvgIpc) is 2.64. The third kappa shape index (κ3) is 4.58. The van der Waals surface area contributed by atoms with Crippen LogP contribution in [0.5, 0.6) is 5.75 Å². The predicted molar refractivity (Wildman–Crippen MR) is 113 cm³/mol. The molecule has 7 heteroatoms. The number of Topliss-reactive ketones (excluding diaryl/α,β-unsaturated/α-hetero) is 1. The molecule has 2 N–H and O–H groups in total. The number of aryl methyl sites for hydroxylation is 2. The van der Waals surface area contributed by atoms with E-state index in [1.165, 1.54) is 6.92 Å². The van der Waals surface area contributed by atoms with Crippen LogP contribution in [0.4, 0.5) is 23.1 Å². The van der Waals surface area contributed by atoms with E-state index in [9.17, 15) is 4.79 Å². The van der Waals surface area contributed by atoms with E-state index < -0.39 is 0 Å². The zero-order chi connectivity index (χ0) is 20.3. The Balaban J connectivity index is 1.89. The largest absolute Gasteiger partial charge is 0.495 e. The fraction of sp³-hybridized carbons (Fsp3) is 0.190. The quantitative estimate of drug-likeness (QED) is 0.540. The molecule has 0 radical (unpaired) electrons. The van der Waals surface area contributed by atoms with Gasteiger partial charge in [0.15, 0.2) is 5.78 Å². The molecule has 0 atom stereocenters. The summed E-state index contributed by atoms with van der Waals surface area (Å²) in [6, 6.07) is 12.7. The van der Waals surface area contributed by atoms with Crippen molar-refractivity contribution in [2.24, 2.45) is 0 Å². The summed E-state index contributed by atoms with van der Waals surface area (Å²) < 4.78 is 5.41. The first-order chi connectivity index (χ1) is 13.4. The Morgan fingerprint density at radius 1 is 1.07 bits per heavy atom. The summed E-state index contributed by atoms with van der Waals surface area (Å²) in [7, 11) is 1.59. The first-order valence-electron chi connectivity index (χ1n) is 8.70. The Labute approximate surface area is 168 Å². The molecular weight excluding hydrogens is 376 g/mol. The lowest BCUT2D eigenvalue weighted by Gasteiger charge is -2.14. The highest BCUT2D eigenvalue weighted by Crippen LogP contribution is 2.33. The van der Waals surface area contributed by atoms with Gasteiger partial charge in [-0.05, 0) is 44.5 Å². The number of carbonyl (C=O) groups excluding carboxylic acids is 1. The van der Waals surface area contributed by atoms with E-state index in [2.05, 4.69) is 20.6 Å². The number of ether oxygens (including phenoxy) is 1. The highest BCUT2D eigenvalue weighted by Gasteiger charge is 2.10. The Bertz CT molecular complexity index is 1040. The maximum absolute atomic E-state index is 11.6. The van der Waals surface area contributed by atoms with Crippen molar-refractivity contribution in [1.82, 2.24) is 9.97 Å². The van der Waals surface area contributed by atoms with Crippen LogP contribution in [0.25, 0.3) is 0 Å². The summed E-state index contributed by atoms with van der Waals surface area (Å²) in [5, 5.41) is 7.04. The maximum Gasteiger partial charge on any atom is 0.229 e. The molecule has 0 aliphatic carbocycles. The SMILES string of the molecule is COc1cc(Cl)c(C)cc1Nc1cc(C)nc(Nc2cccc(C(C)=O)c2)n1. The van der Waals surface area contributed by atoms with Crippen LogP contribution in [-0.2, 0) is 0 Å². The van der Waals surface area contributed by atoms with Crippen molar-refractivity contribution in [1.29, 1.82) is 0 Å². The lowest BCUT2D eigenvalue weighted by atomic mass is 10.1. The van der Waals surface area contributed by atoms with E-state index in [4.69, 9.17) is 16.3 Å². The fourth-order valence-electron chi connectivity index (χ4n) is 2.70. The number of hydrogen-bond acceptors (Lipinski definition) is 6. The van der Waals surface area contributed by atoms with Gasteiger partial charge < -0.3 is 15.4 Å². The van der Waals surface area contributed by atoms with E-state index in [-0.39, 0.29) is 5.78 Å².